The Labute approximate surface area is 119 Å². The Bertz CT molecular complexity index is 566. The molecule has 0 atom stereocenters. The fourth-order valence-corrected chi connectivity index (χ4v) is 2.36. The molecular weight excluding hydrogens is 256 g/mol. The van der Waals surface area contributed by atoms with Gasteiger partial charge in [0.25, 0.3) is 0 Å². The molecule has 2 nitrogen and oxygen atoms in total. The van der Waals surface area contributed by atoms with Crippen molar-refractivity contribution < 1.29 is 0 Å². The smallest absolute Gasteiger partial charge is 0.0476 e. The van der Waals surface area contributed by atoms with Gasteiger partial charge >= 0.3 is 0 Å². The van der Waals surface area contributed by atoms with Crippen molar-refractivity contribution in [3.63, 3.8) is 0 Å². The third-order valence-corrected chi connectivity index (χ3v) is 3.54. The first-order chi connectivity index (χ1) is 9.10. The lowest BCUT2D eigenvalue weighted by Crippen LogP contribution is -2.22. The number of rotatable bonds is 4. The van der Waals surface area contributed by atoms with Gasteiger partial charge in [-0.05, 0) is 49.2 Å². The Kier molecular flexibility index (Phi) is 4.33. The van der Waals surface area contributed by atoms with Crippen LogP contribution in [-0.2, 0) is 6.54 Å². The first-order valence-electron chi connectivity index (χ1n) is 6.45. The maximum absolute atomic E-state index is 6.24. The number of anilines is 2. The van der Waals surface area contributed by atoms with Crippen molar-refractivity contribution >= 4 is 23.0 Å². The van der Waals surface area contributed by atoms with Crippen LogP contribution in [0, 0.1) is 6.92 Å². The van der Waals surface area contributed by atoms with Crippen molar-refractivity contribution in [1.82, 2.24) is 0 Å². The molecule has 19 heavy (non-hydrogen) atoms. The van der Waals surface area contributed by atoms with Crippen molar-refractivity contribution in [2.45, 2.75) is 20.4 Å². The number of benzene rings is 2. The van der Waals surface area contributed by atoms with Crippen LogP contribution in [0.5, 0.6) is 0 Å². The molecule has 0 heterocycles. The highest BCUT2D eigenvalue weighted by molar-refractivity contribution is 6.31. The fraction of sp³-hybridized carbons (Fsp3) is 0.250. The SMILES string of the molecule is CCN(Cc1ccc(N)cc1Cl)c1cccc(C)c1. The molecule has 100 valence electrons. The van der Waals surface area contributed by atoms with Crippen molar-refractivity contribution in [3.8, 4) is 0 Å². The summed E-state index contributed by atoms with van der Waals surface area (Å²) in [7, 11) is 0. The summed E-state index contributed by atoms with van der Waals surface area (Å²) in [5.74, 6) is 0. The van der Waals surface area contributed by atoms with E-state index >= 15 is 0 Å². The Hall–Kier alpha value is -1.67. The van der Waals surface area contributed by atoms with Gasteiger partial charge in [0.1, 0.15) is 0 Å². The summed E-state index contributed by atoms with van der Waals surface area (Å²) in [6, 6.07) is 14.2. The number of halogens is 1. The Balaban J connectivity index is 2.24. The molecule has 0 aliphatic rings. The lowest BCUT2D eigenvalue weighted by Gasteiger charge is -2.24. The van der Waals surface area contributed by atoms with Crippen LogP contribution in [0.3, 0.4) is 0 Å². The van der Waals surface area contributed by atoms with E-state index in [4.69, 9.17) is 17.3 Å². The van der Waals surface area contributed by atoms with Crippen LogP contribution in [0.15, 0.2) is 42.5 Å². The predicted octanol–water partition coefficient (Wildman–Crippen LogP) is 4.26. The number of aryl methyl sites for hydroxylation is 1. The average molecular weight is 275 g/mol. The summed E-state index contributed by atoms with van der Waals surface area (Å²) in [6.07, 6.45) is 0. The number of nitrogens with two attached hydrogens (primary N) is 1. The van der Waals surface area contributed by atoms with E-state index < -0.39 is 0 Å². The molecule has 0 aliphatic carbocycles. The minimum Gasteiger partial charge on any atom is -0.399 e. The number of nitrogens with zero attached hydrogens (tertiary/aromatic N) is 1. The Morgan fingerprint density at radius 3 is 2.58 bits per heavy atom. The van der Waals surface area contributed by atoms with E-state index in [2.05, 4.69) is 43.0 Å². The van der Waals surface area contributed by atoms with E-state index in [0.29, 0.717) is 5.69 Å². The van der Waals surface area contributed by atoms with Crippen LogP contribution in [0.4, 0.5) is 11.4 Å². The molecular formula is C16H19ClN2. The molecule has 0 bridgehead atoms. The maximum atomic E-state index is 6.24. The summed E-state index contributed by atoms with van der Waals surface area (Å²) in [6.45, 7) is 5.98. The molecule has 2 N–H and O–H groups in total. The standard InChI is InChI=1S/C16H19ClN2/c1-3-19(15-6-4-5-12(2)9-15)11-13-7-8-14(18)10-16(13)17/h4-10H,3,11,18H2,1-2H3. The normalized spacial score (nSPS) is 10.5. The van der Waals surface area contributed by atoms with Crippen molar-refractivity contribution in [3.05, 3.63) is 58.6 Å². The zero-order chi connectivity index (χ0) is 13.8. The fourth-order valence-electron chi connectivity index (χ4n) is 2.11. The van der Waals surface area contributed by atoms with Gasteiger partial charge < -0.3 is 10.6 Å². The Morgan fingerprint density at radius 1 is 1.16 bits per heavy atom. The molecule has 0 saturated heterocycles. The highest BCUT2D eigenvalue weighted by atomic mass is 35.5. The molecule has 3 heteroatoms. The third-order valence-electron chi connectivity index (χ3n) is 3.19. The maximum Gasteiger partial charge on any atom is 0.0476 e. The summed E-state index contributed by atoms with van der Waals surface area (Å²) < 4.78 is 0. The zero-order valence-electron chi connectivity index (χ0n) is 11.4. The van der Waals surface area contributed by atoms with Gasteiger partial charge in [-0.15, -0.1) is 0 Å². The van der Waals surface area contributed by atoms with E-state index in [1.807, 2.05) is 12.1 Å². The zero-order valence-corrected chi connectivity index (χ0v) is 12.1. The monoisotopic (exact) mass is 274 g/mol. The largest absolute Gasteiger partial charge is 0.399 e. The van der Waals surface area contributed by atoms with Gasteiger partial charge in [0.05, 0.1) is 0 Å². The van der Waals surface area contributed by atoms with E-state index in [1.165, 1.54) is 11.3 Å². The van der Waals surface area contributed by atoms with Gasteiger partial charge in [-0.3, -0.25) is 0 Å². The van der Waals surface area contributed by atoms with Gasteiger partial charge in [0.15, 0.2) is 0 Å². The molecule has 0 amide bonds. The Morgan fingerprint density at radius 2 is 1.95 bits per heavy atom. The number of hydrogen-bond acceptors (Lipinski definition) is 2. The second-order valence-corrected chi connectivity index (χ2v) is 5.11. The molecule has 0 saturated carbocycles. The van der Waals surface area contributed by atoms with Crippen LogP contribution in [0.25, 0.3) is 0 Å². The summed E-state index contributed by atoms with van der Waals surface area (Å²) >= 11 is 6.24. The van der Waals surface area contributed by atoms with E-state index in [-0.39, 0.29) is 0 Å². The number of hydrogen-bond donors (Lipinski definition) is 1. The van der Waals surface area contributed by atoms with Crippen molar-refractivity contribution in [1.29, 1.82) is 0 Å². The van der Waals surface area contributed by atoms with Crippen LogP contribution in [0.2, 0.25) is 5.02 Å². The van der Waals surface area contributed by atoms with E-state index in [9.17, 15) is 0 Å². The minimum atomic E-state index is 0.701. The summed E-state index contributed by atoms with van der Waals surface area (Å²) in [4.78, 5) is 2.30. The van der Waals surface area contributed by atoms with Gasteiger partial charge in [-0.2, -0.15) is 0 Å². The molecule has 2 aromatic carbocycles. The molecule has 0 aromatic heterocycles. The molecule has 0 fully saturated rings. The summed E-state index contributed by atoms with van der Waals surface area (Å²) in [5.41, 5.74) is 10.0. The van der Waals surface area contributed by atoms with Crippen molar-refractivity contribution in [2.24, 2.45) is 0 Å². The molecule has 2 aromatic rings. The molecule has 0 radical (unpaired) electrons. The highest BCUT2D eigenvalue weighted by Crippen LogP contribution is 2.24. The topological polar surface area (TPSA) is 29.3 Å². The second-order valence-electron chi connectivity index (χ2n) is 4.70. The highest BCUT2D eigenvalue weighted by Gasteiger charge is 2.08. The average Bonchev–Trinajstić information content (AvgIpc) is 2.38. The van der Waals surface area contributed by atoms with Crippen LogP contribution in [0.1, 0.15) is 18.1 Å². The third kappa shape index (κ3) is 3.42. The van der Waals surface area contributed by atoms with E-state index in [0.717, 1.165) is 23.7 Å². The second kappa shape index (κ2) is 5.98. The molecule has 0 unspecified atom stereocenters. The van der Waals surface area contributed by atoms with Gasteiger partial charge in [-0.1, -0.05) is 29.8 Å². The molecule has 0 spiro atoms. The lowest BCUT2D eigenvalue weighted by molar-refractivity contribution is 0.831. The minimum absolute atomic E-state index is 0.701. The van der Waals surface area contributed by atoms with Crippen LogP contribution < -0.4 is 10.6 Å². The van der Waals surface area contributed by atoms with Gasteiger partial charge in [0, 0.05) is 29.5 Å². The number of nitrogen functional groups attached to an aromatic ring is 1. The quantitative estimate of drug-likeness (QED) is 0.844. The van der Waals surface area contributed by atoms with Crippen LogP contribution >= 0.6 is 11.6 Å². The molecule has 0 aliphatic heterocycles. The van der Waals surface area contributed by atoms with Crippen LogP contribution in [-0.4, -0.2) is 6.54 Å². The van der Waals surface area contributed by atoms with Gasteiger partial charge in [0.2, 0.25) is 0 Å². The first-order valence-corrected chi connectivity index (χ1v) is 6.83. The van der Waals surface area contributed by atoms with Gasteiger partial charge in [-0.25, -0.2) is 0 Å². The molecule has 2 rings (SSSR count). The first kappa shape index (κ1) is 13.8. The van der Waals surface area contributed by atoms with E-state index in [1.54, 1.807) is 6.07 Å². The predicted molar refractivity (Wildman–Crippen MR) is 83.8 cm³/mol. The summed E-state index contributed by atoms with van der Waals surface area (Å²) in [5, 5.41) is 0.728. The lowest BCUT2D eigenvalue weighted by atomic mass is 10.1. The van der Waals surface area contributed by atoms with Crippen molar-refractivity contribution in [2.75, 3.05) is 17.2 Å².